The molecule has 1 amide bonds. The van der Waals surface area contributed by atoms with Crippen LogP contribution in [0.5, 0.6) is 0 Å². The van der Waals surface area contributed by atoms with Gasteiger partial charge in [0.2, 0.25) is 5.91 Å². The Morgan fingerprint density at radius 1 is 1.25 bits per heavy atom. The van der Waals surface area contributed by atoms with E-state index in [9.17, 15) is 4.79 Å². The van der Waals surface area contributed by atoms with E-state index in [1.807, 2.05) is 37.4 Å². The molecule has 0 unspecified atom stereocenters. The molecule has 1 aromatic heterocycles. The van der Waals surface area contributed by atoms with Gasteiger partial charge in [0.05, 0.1) is 0 Å². The van der Waals surface area contributed by atoms with Gasteiger partial charge in [-0.1, -0.05) is 18.2 Å². The van der Waals surface area contributed by atoms with Gasteiger partial charge in [-0.05, 0) is 49.0 Å². The van der Waals surface area contributed by atoms with Crippen molar-refractivity contribution in [3.8, 4) is 0 Å². The van der Waals surface area contributed by atoms with Gasteiger partial charge in [-0.2, -0.15) is 0 Å². The molecule has 0 saturated heterocycles. The Labute approximate surface area is 124 Å². The molecule has 1 aromatic carbocycles. The van der Waals surface area contributed by atoms with Gasteiger partial charge < -0.3 is 10.6 Å². The molecule has 0 spiro atoms. The van der Waals surface area contributed by atoms with Crippen LogP contribution in [0, 0.1) is 0 Å². The first kappa shape index (κ1) is 14.8. The van der Waals surface area contributed by atoms with Crippen LogP contribution in [0.3, 0.4) is 0 Å². The Balaban J connectivity index is 1.77. The summed E-state index contributed by atoms with van der Waals surface area (Å²) >= 11 is 1.75. The Bertz CT molecular complexity index is 537. The number of amides is 1. The summed E-state index contributed by atoms with van der Waals surface area (Å²) in [6.45, 7) is 0.808. The second-order valence-corrected chi connectivity index (χ2v) is 5.74. The van der Waals surface area contributed by atoms with Crippen molar-refractivity contribution in [1.29, 1.82) is 0 Å². The van der Waals surface area contributed by atoms with Crippen molar-refractivity contribution >= 4 is 22.9 Å². The highest BCUT2D eigenvalue weighted by molar-refractivity contribution is 7.09. The molecule has 0 atom stereocenters. The van der Waals surface area contributed by atoms with Crippen LogP contribution in [0.2, 0.25) is 0 Å². The molecule has 4 heteroatoms. The summed E-state index contributed by atoms with van der Waals surface area (Å²) in [7, 11) is 1.91. The number of hydrogen-bond acceptors (Lipinski definition) is 3. The van der Waals surface area contributed by atoms with E-state index in [4.69, 9.17) is 0 Å². The molecule has 0 fully saturated rings. The van der Waals surface area contributed by atoms with Gasteiger partial charge in [0.15, 0.2) is 0 Å². The number of hydrogen-bond donors (Lipinski definition) is 2. The molecular weight excluding hydrogens is 268 g/mol. The molecule has 20 heavy (non-hydrogen) atoms. The summed E-state index contributed by atoms with van der Waals surface area (Å²) in [5.41, 5.74) is 2.04. The van der Waals surface area contributed by atoms with Gasteiger partial charge in [0.25, 0.3) is 0 Å². The molecular formula is C16H20N2OS. The van der Waals surface area contributed by atoms with Gasteiger partial charge in [-0.25, -0.2) is 0 Å². The molecule has 0 radical (unpaired) electrons. The average Bonchev–Trinajstić information content (AvgIpc) is 2.93. The number of anilines is 1. The maximum absolute atomic E-state index is 11.9. The standard InChI is InChI=1S/C16H20N2OS/c1-17-12-13-5-2-6-14(11-13)18-16(19)9-3-7-15-8-4-10-20-15/h2,4-6,8,10-11,17H,3,7,9,12H2,1H3,(H,18,19). The number of thiophene rings is 1. The molecule has 0 bridgehead atoms. The molecule has 0 aliphatic rings. The van der Waals surface area contributed by atoms with Crippen LogP contribution in [-0.2, 0) is 17.8 Å². The van der Waals surface area contributed by atoms with E-state index >= 15 is 0 Å². The minimum Gasteiger partial charge on any atom is -0.326 e. The zero-order valence-electron chi connectivity index (χ0n) is 11.7. The van der Waals surface area contributed by atoms with Crippen molar-refractivity contribution in [2.45, 2.75) is 25.8 Å². The van der Waals surface area contributed by atoms with Crippen molar-refractivity contribution in [1.82, 2.24) is 5.32 Å². The molecule has 1 heterocycles. The van der Waals surface area contributed by atoms with Gasteiger partial charge in [-0.15, -0.1) is 11.3 Å². The van der Waals surface area contributed by atoms with Crippen molar-refractivity contribution < 1.29 is 4.79 Å². The summed E-state index contributed by atoms with van der Waals surface area (Å²) < 4.78 is 0. The summed E-state index contributed by atoms with van der Waals surface area (Å²) in [4.78, 5) is 13.2. The van der Waals surface area contributed by atoms with E-state index in [1.54, 1.807) is 11.3 Å². The number of rotatable bonds is 7. The zero-order valence-corrected chi connectivity index (χ0v) is 12.5. The first-order valence-electron chi connectivity index (χ1n) is 6.83. The van der Waals surface area contributed by atoms with Gasteiger partial charge >= 0.3 is 0 Å². The lowest BCUT2D eigenvalue weighted by Gasteiger charge is -2.07. The van der Waals surface area contributed by atoms with Gasteiger partial charge in [0, 0.05) is 23.5 Å². The lowest BCUT2D eigenvalue weighted by Crippen LogP contribution is -2.12. The lowest BCUT2D eigenvalue weighted by molar-refractivity contribution is -0.116. The van der Waals surface area contributed by atoms with E-state index in [0.29, 0.717) is 6.42 Å². The molecule has 2 aromatic rings. The maximum Gasteiger partial charge on any atom is 0.224 e. The third kappa shape index (κ3) is 4.79. The summed E-state index contributed by atoms with van der Waals surface area (Å²) in [5.74, 6) is 0.0863. The molecule has 2 rings (SSSR count). The van der Waals surface area contributed by atoms with E-state index in [2.05, 4.69) is 22.1 Å². The Morgan fingerprint density at radius 3 is 2.90 bits per heavy atom. The third-order valence-corrected chi connectivity index (χ3v) is 3.93. The zero-order chi connectivity index (χ0) is 14.2. The van der Waals surface area contributed by atoms with E-state index in [0.717, 1.165) is 25.1 Å². The third-order valence-electron chi connectivity index (χ3n) is 3.00. The first-order chi connectivity index (χ1) is 9.78. The fourth-order valence-corrected chi connectivity index (χ4v) is 2.82. The second kappa shape index (κ2) is 7.82. The Hall–Kier alpha value is -1.65. The van der Waals surface area contributed by atoms with Crippen molar-refractivity contribution in [2.24, 2.45) is 0 Å². The summed E-state index contributed by atoms with van der Waals surface area (Å²) in [6.07, 6.45) is 2.43. The summed E-state index contributed by atoms with van der Waals surface area (Å²) in [6, 6.07) is 12.1. The average molecular weight is 288 g/mol. The number of carbonyl (C=O) groups is 1. The quantitative estimate of drug-likeness (QED) is 0.819. The molecule has 0 aliphatic carbocycles. The minimum absolute atomic E-state index is 0.0863. The predicted molar refractivity (Wildman–Crippen MR) is 85.1 cm³/mol. The molecule has 2 N–H and O–H groups in total. The number of nitrogens with one attached hydrogen (secondary N) is 2. The normalized spacial score (nSPS) is 10.4. The molecule has 3 nitrogen and oxygen atoms in total. The molecule has 0 aliphatic heterocycles. The topological polar surface area (TPSA) is 41.1 Å². The Kier molecular flexibility index (Phi) is 5.77. The second-order valence-electron chi connectivity index (χ2n) is 4.71. The van der Waals surface area contributed by atoms with Crippen LogP contribution in [-0.4, -0.2) is 13.0 Å². The van der Waals surface area contributed by atoms with E-state index in [1.165, 1.54) is 10.4 Å². The molecule has 0 saturated carbocycles. The van der Waals surface area contributed by atoms with Crippen LogP contribution in [0.1, 0.15) is 23.3 Å². The maximum atomic E-state index is 11.9. The largest absolute Gasteiger partial charge is 0.326 e. The highest BCUT2D eigenvalue weighted by Crippen LogP contribution is 2.14. The lowest BCUT2D eigenvalue weighted by atomic mass is 10.2. The smallest absolute Gasteiger partial charge is 0.224 e. The van der Waals surface area contributed by atoms with Crippen LogP contribution in [0.25, 0.3) is 0 Å². The van der Waals surface area contributed by atoms with Crippen LogP contribution in [0.4, 0.5) is 5.69 Å². The number of benzene rings is 1. The fourth-order valence-electron chi connectivity index (χ4n) is 2.06. The van der Waals surface area contributed by atoms with Crippen LogP contribution in [0.15, 0.2) is 41.8 Å². The fraction of sp³-hybridized carbons (Fsp3) is 0.312. The first-order valence-corrected chi connectivity index (χ1v) is 7.71. The van der Waals surface area contributed by atoms with Crippen LogP contribution >= 0.6 is 11.3 Å². The van der Waals surface area contributed by atoms with Crippen molar-refractivity contribution in [2.75, 3.05) is 12.4 Å². The number of carbonyl (C=O) groups excluding carboxylic acids is 1. The SMILES string of the molecule is CNCc1cccc(NC(=O)CCCc2cccs2)c1. The minimum atomic E-state index is 0.0863. The van der Waals surface area contributed by atoms with E-state index in [-0.39, 0.29) is 5.91 Å². The number of aryl methyl sites for hydroxylation is 1. The van der Waals surface area contributed by atoms with Crippen molar-refractivity contribution in [3.05, 3.63) is 52.2 Å². The predicted octanol–water partition coefficient (Wildman–Crippen LogP) is 3.43. The summed E-state index contributed by atoms with van der Waals surface area (Å²) in [5, 5.41) is 8.13. The van der Waals surface area contributed by atoms with Gasteiger partial charge in [-0.3, -0.25) is 4.79 Å². The van der Waals surface area contributed by atoms with Gasteiger partial charge in [0.1, 0.15) is 0 Å². The highest BCUT2D eigenvalue weighted by Gasteiger charge is 2.03. The van der Waals surface area contributed by atoms with Crippen LogP contribution < -0.4 is 10.6 Å². The van der Waals surface area contributed by atoms with E-state index < -0.39 is 0 Å². The Morgan fingerprint density at radius 2 is 2.15 bits per heavy atom. The molecule has 106 valence electrons. The van der Waals surface area contributed by atoms with Crippen molar-refractivity contribution in [3.63, 3.8) is 0 Å². The monoisotopic (exact) mass is 288 g/mol. The highest BCUT2D eigenvalue weighted by atomic mass is 32.1.